The van der Waals surface area contributed by atoms with E-state index in [0.717, 1.165) is 11.3 Å². The Balaban J connectivity index is 2.42. The summed E-state index contributed by atoms with van der Waals surface area (Å²) in [4.78, 5) is 11.9. The van der Waals surface area contributed by atoms with Crippen LogP contribution in [0, 0.1) is 0 Å². The first-order chi connectivity index (χ1) is 6.36. The minimum absolute atomic E-state index is 0.484. The Bertz CT molecular complexity index is 385. The molecule has 0 aromatic carbocycles. The highest BCUT2D eigenvalue weighted by atomic mass is 35.5. The molecule has 2 rings (SSSR count). The second-order valence-corrected chi connectivity index (χ2v) is 2.85. The highest BCUT2D eigenvalue weighted by Crippen LogP contribution is 2.15. The lowest BCUT2D eigenvalue weighted by atomic mass is 10.2. The Labute approximate surface area is 80.5 Å². The fourth-order valence-corrected chi connectivity index (χ4v) is 1.10. The largest absolute Gasteiger partial charge is 0.245 e. The van der Waals surface area contributed by atoms with Gasteiger partial charge in [0.25, 0.3) is 0 Å². The maximum Gasteiger partial charge on any atom is 0.129 e. The molecule has 0 N–H and O–H groups in total. The highest BCUT2D eigenvalue weighted by molar-refractivity contribution is 6.29. The number of hydrogen-bond acceptors (Lipinski definition) is 3. The second-order valence-electron chi connectivity index (χ2n) is 2.46. The van der Waals surface area contributed by atoms with Gasteiger partial charge < -0.3 is 0 Å². The van der Waals surface area contributed by atoms with E-state index >= 15 is 0 Å². The van der Waals surface area contributed by atoms with E-state index in [9.17, 15) is 0 Å². The van der Waals surface area contributed by atoms with Gasteiger partial charge in [0.2, 0.25) is 0 Å². The van der Waals surface area contributed by atoms with Gasteiger partial charge >= 0.3 is 0 Å². The third-order valence-electron chi connectivity index (χ3n) is 1.61. The summed E-state index contributed by atoms with van der Waals surface area (Å²) in [6.45, 7) is 0. The minimum Gasteiger partial charge on any atom is -0.245 e. The van der Waals surface area contributed by atoms with Crippen LogP contribution in [0.25, 0.3) is 11.3 Å². The smallest absolute Gasteiger partial charge is 0.129 e. The Morgan fingerprint density at radius 1 is 1.08 bits per heavy atom. The lowest BCUT2D eigenvalue weighted by molar-refractivity contribution is 1.17. The molecule has 0 atom stereocenters. The number of halogens is 1. The summed E-state index contributed by atoms with van der Waals surface area (Å²) in [7, 11) is 0. The van der Waals surface area contributed by atoms with Gasteiger partial charge in [-0.25, -0.2) is 15.0 Å². The summed E-state index contributed by atoms with van der Waals surface area (Å²) in [5, 5.41) is 0.484. The van der Waals surface area contributed by atoms with Crippen LogP contribution < -0.4 is 0 Å². The Kier molecular flexibility index (Phi) is 2.19. The fourth-order valence-electron chi connectivity index (χ4n) is 0.989. The van der Waals surface area contributed by atoms with Crippen molar-refractivity contribution < 1.29 is 0 Å². The molecule has 0 amide bonds. The zero-order valence-electron chi connectivity index (χ0n) is 6.68. The first-order valence-electron chi connectivity index (χ1n) is 3.74. The van der Waals surface area contributed by atoms with Crippen molar-refractivity contribution in [1.29, 1.82) is 0 Å². The molecular weight excluding hydrogens is 186 g/mol. The molecular formula is C9H6ClN3. The molecule has 4 heteroatoms. The van der Waals surface area contributed by atoms with Gasteiger partial charge in [-0.15, -0.1) is 0 Å². The Hall–Kier alpha value is -1.48. The van der Waals surface area contributed by atoms with E-state index in [1.165, 1.54) is 6.33 Å². The molecule has 2 aromatic heterocycles. The van der Waals surface area contributed by atoms with Gasteiger partial charge in [0.1, 0.15) is 11.5 Å². The molecule has 0 spiro atoms. The molecule has 0 bridgehead atoms. The van der Waals surface area contributed by atoms with Gasteiger partial charge in [-0.3, -0.25) is 0 Å². The van der Waals surface area contributed by atoms with Gasteiger partial charge in [0.05, 0.1) is 5.69 Å². The molecule has 0 aliphatic heterocycles. The predicted octanol–water partition coefficient (Wildman–Crippen LogP) is 2.19. The van der Waals surface area contributed by atoms with Gasteiger partial charge in [0, 0.05) is 18.0 Å². The maximum atomic E-state index is 5.66. The molecule has 0 saturated carbocycles. The van der Waals surface area contributed by atoms with E-state index in [1.54, 1.807) is 18.5 Å². The van der Waals surface area contributed by atoms with Crippen molar-refractivity contribution in [2.75, 3.05) is 0 Å². The standard InChI is InChI=1S/C9H6ClN3/c10-9-2-1-7(5-12-9)8-3-4-11-6-13-8/h1-6H. The van der Waals surface area contributed by atoms with Crippen molar-refractivity contribution in [2.24, 2.45) is 0 Å². The normalized spacial score (nSPS) is 9.92. The van der Waals surface area contributed by atoms with Crippen molar-refractivity contribution in [2.45, 2.75) is 0 Å². The first kappa shape index (κ1) is 8.13. The SMILES string of the molecule is Clc1ccc(-c2ccncn2)cn1. The lowest BCUT2D eigenvalue weighted by Crippen LogP contribution is -1.84. The molecule has 64 valence electrons. The van der Waals surface area contributed by atoms with Crippen molar-refractivity contribution in [3.63, 3.8) is 0 Å². The van der Waals surface area contributed by atoms with Crippen LogP contribution in [-0.2, 0) is 0 Å². The van der Waals surface area contributed by atoms with Crippen LogP contribution in [0.4, 0.5) is 0 Å². The van der Waals surface area contributed by atoms with Crippen molar-refractivity contribution in [3.8, 4) is 11.3 Å². The Morgan fingerprint density at radius 2 is 2.00 bits per heavy atom. The number of rotatable bonds is 1. The summed E-state index contributed by atoms with van der Waals surface area (Å²) in [6.07, 6.45) is 4.88. The van der Waals surface area contributed by atoms with Crippen molar-refractivity contribution in [3.05, 3.63) is 42.1 Å². The van der Waals surface area contributed by atoms with Crippen LogP contribution in [0.1, 0.15) is 0 Å². The number of pyridine rings is 1. The summed E-state index contributed by atoms with van der Waals surface area (Å²) >= 11 is 5.66. The minimum atomic E-state index is 0.484. The number of hydrogen-bond donors (Lipinski definition) is 0. The van der Waals surface area contributed by atoms with Gasteiger partial charge in [-0.05, 0) is 18.2 Å². The van der Waals surface area contributed by atoms with E-state index < -0.39 is 0 Å². The number of aromatic nitrogens is 3. The molecule has 0 unspecified atom stereocenters. The van der Waals surface area contributed by atoms with E-state index in [1.807, 2.05) is 12.1 Å². The van der Waals surface area contributed by atoms with E-state index in [4.69, 9.17) is 11.6 Å². The molecule has 0 fully saturated rings. The quantitative estimate of drug-likeness (QED) is 0.649. The van der Waals surface area contributed by atoms with Crippen LogP contribution in [0.15, 0.2) is 36.9 Å². The van der Waals surface area contributed by atoms with Gasteiger partial charge in [0.15, 0.2) is 0 Å². The molecule has 0 aliphatic rings. The van der Waals surface area contributed by atoms with E-state index in [2.05, 4.69) is 15.0 Å². The van der Waals surface area contributed by atoms with Crippen LogP contribution in [0.2, 0.25) is 5.15 Å². The Morgan fingerprint density at radius 3 is 2.62 bits per heavy atom. The van der Waals surface area contributed by atoms with Gasteiger partial charge in [-0.2, -0.15) is 0 Å². The van der Waals surface area contributed by atoms with Crippen LogP contribution in [-0.4, -0.2) is 15.0 Å². The van der Waals surface area contributed by atoms with Crippen LogP contribution in [0.3, 0.4) is 0 Å². The molecule has 0 saturated heterocycles. The molecule has 13 heavy (non-hydrogen) atoms. The molecule has 2 heterocycles. The highest BCUT2D eigenvalue weighted by Gasteiger charge is 1.97. The predicted molar refractivity (Wildman–Crippen MR) is 50.3 cm³/mol. The summed E-state index contributed by atoms with van der Waals surface area (Å²) in [5.74, 6) is 0. The molecule has 2 aromatic rings. The average molecular weight is 192 g/mol. The van der Waals surface area contributed by atoms with Crippen LogP contribution >= 0.6 is 11.6 Å². The molecule has 0 radical (unpaired) electrons. The second kappa shape index (κ2) is 3.49. The monoisotopic (exact) mass is 191 g/mol. The summed E-state index contributed by atoms with van der Waals surface area (Å²) in [5.41, 5.74) is 1.78. The third kappa shape index (κ3) is 1.81. The lowest BCUT2D eigenvalue weighted by Gasteiger charge is -1.97. The summed E-state index contributed by atoms with van der Waals surface area (Å²) < 4.78 is 0. The zero-order valence-corrected chi connectivity index (χ0v) is 7.44. The first-order valence-corrected chi connectivity index (χ1v) is 4.12. The fraction of sp³-hybridized carbons (Fsp3) is 0. The third-order valence-corrected chi connectivity index (χ3v) is 1.83. The number of nitrogens with zero attached hydrogens (tertiary/aromatic N) is 3. The van der Waals surface area contributed by atoms with E-state index in [-0.39, 0.29) is 0 Å². The topological polar surface area (TPSA) is 38.7 Å². The molecule has 0 aliphatic carbocycles. The maximum absolute atomic E-state index is 5.66. The van der Waals surface area contributed by atoms with Gasteiger partial charge in [-0.1, -0.05) is 11.6 Å². The molecule has 3 nitrogen and oxygen atoms in total. The van der Waals surface area contributed by atoms with Crippen LogP contribution in [0.5, 0.6) is 0 Å². The van der Waals surface area contributed by atoms with E-state index in [0.29, 0.717) is 5.15 Å². The average Bonchev–Trinajstić information content (AvgIpc) is 2.20. The van der Waals surface area contributed by atoms with Crippen molar-refractivity contribution >= 4 is 11.6 Å². The summed E-state index contributed by atoms with van der Waals surface area (Å²) in [6, 6.07) is 5.43. The van der Waals surface area contributed by atoms with Crippen molar-refractivity contribution in [1.82, 2.24) is 15.0 Å². The zero-order chi connectivity index (χ0) is 9.10.